The van der Waals surface area contributed by atoms with Gasteiger partial charge in [-0.2, -0.15) is 0 Å². The van der Waals surface area contributed by atoms with E-state index in [4.69, 9.17) is 16.3 Å². The number of ether oxygens (including phenoxy) is 1. The van der Waals surface area contributed by atoms with Crippen molar-refractivity contribution in [1.82, 2.24) is 0 Å². The molecular formula is C23H19ClFNO3. The maximum absolute atomic E-state index is 13.1. The fourth-order valence-corrected chi connectivity index (χ4v) is 2.94. The zero-order valence-corrected chi connectivity index (χ0v) is 16.4. The first-order valence-corrected chi connectivity index (χ1v) is 9.40. The van der Waals surface area contributed by atoms with E-state index < -0.39 is 23.8 Å². The molecule has 148 valence electrons. The number of nitrogens with one attached hydrogen (secondary N) is 1. The summed E-state index contributed by atoms with van der Waals surface area (Å²) in [7, 11) is 0. The number of esters is 1. The quantitative estimate of drug-likeness (QED) is 0.563. The molecule has 1 N–H and O–H groups in total. The van der Waals surface area contributed by atoms with E-state index in [0.717, 1.165) is 22.8 Å². The number of halogens is 2. The summed E-state index contributed by atoms with van der Waals surface area (Å²) in [5, 5.41) is 2.58. The number of anilines is 1. The SMILES string of the molecule is C[C@H](OC(=O)Cc1ccc(-c2ccccc2)cc1)C(=O)Nc1ccc(F)cc1Cl. The van der Waals surface area contributed by atoms with Crippen LogP contribution >= 0.6 is 11.6 Å². The Labute approximate surface area is 173 Å². The Kier molecular flexibility index (Phi) is 6.62. The van der Waals surface area contributed by atoms with Gasteiger partial charge in [0.05, 0.1) is 17.1 Å². The Morgan fingerprint density at radius 3 is 2.31 bits per heavy atom. The van der Waals surface area contributed by atoms with Crippen molar-refractivity contribution in [3.8, 4) is 11.1 Å². The van der Waals surface area contributed by atoms with E-state index in [1.165, 1.54) is 19.1 Å². The molecule has 6 heteroatoms. The molecule has 3 rings (SSSR count). The Hall–Kier alpha value is -3.18. The van der Waals surface area contributed by atoms with Crippen LogP contribution in [0, 0.1) is 5.82 Å². The Morgan fingerprint density at radius 2 is 1.66 bits per heavy atom. The summed E-state index contributed by atoms with van der Waals surface area (Å²) in [5.41, 5.74) is 3.17. The Morgan fingerprint density at radius 1 is 1.00 bits per heavy atom. The van der Waals surface area contributed by atoms with Crippen molar-refractivity contribution in [2.45, 2.75) is 19.4 Å². The van der Waals surface area contributed by atoms with Gasteiger partial charge in [-0.1, -0.05) is 66.2 Å². The lowest BCUT2D eigenvalue weighted by Gasteiger charge is -2.14. The first-order chi connectivity index (χ1) is 13.9. The van der Waals surface area contributed by atoms with Crippen LogP contribution in [0.3, 0.4) is 0 Å². The maximum Gasteiger partial charge on any atom is 0.311 e. The first-order valence-electron chi connectivity index (χ1n) is 9.02. The summed E-state index contributed by atoms with van der Waals surface area (Å²) >= 11 is 5.89. The van der Waals surface area contributed by atoms with Crippen molar-refractivity contribution in [3.05, 3.63) is 89.2 Å². The van der Waals surface area contributed by atoms with Crippen LogP contribution in [0.5, 0.6) is 0 Å². The van der Waals surface area contributed by atoms with E-state index in [0.29, 0.717) is 0 Å². The van der Waals surface area contributed by atoms with Crippen LogP contribution in [0.15, 0.2) is 72.8 Å². The standard InChI is InChI=1S/C23H19ClFNO3/c1-15(23(28)26-21-12-11-19(25)14-20(21)24)29-22(27)13-16-7-9-18(10-8-16)17-5-3-2-4-6-17/h2-12,14-15H,13H2,1H3,(H,26,28)/t15-/m0/s1. The van der Waals surface area contributed by atoms with Crippen LogP contribution in [0.4, 0.5) is 10.1 Å². The lowest BCUT2D eigenvalue weighted by Crippen LogP contribution is -2.30. The van der Waals surface area contributed by atoms with Gasteiger partial charge < -0.3 is 10.1 Å². The smallest absolute Gasteiger partial charge is 0.311 e. The van der Waals surface area contributed by atoms with Gasteiger partial charge in [-0.15, -0.1) is 0 Å². The van der Waals surface area contributed by atoms with Gasteiger partial charge in [0.1, 0.15) is 5.82 Å². The number of rotatable bonds is 6. The molecule has 0 aliphatic carbocycles. The summed E-state index contributed by atoms with van der Waals surface area (Å²) in [6, 6.07) is 21.1. The van der Waals surface area contributed by atoms with Crippen molar-refractivity contribution >= 4 is 29.2 Å². The van der Waals surface area contributed by atoms with Crippen LogP contribution in [0.25, 0.3) is 11.1 Å². The molecule has 0 fully saturated rings. The predicted molar refractivity (Wildman–Crippen MR) is 111 cm³/mol. The second-order valence-corrected chi connectivity index (χ2v) is 6.89. The highest BCUT2D eigenvalue weighted by molar-refractivity contribution is 6.33. The lowest BCUT2D eigenvalue weighted by atomic mass is 10.0. The molecule has 1 amide bonds. The van der Waals surface area contributed by atoms with Crippen LogP contribution in [-0.4, -0.2) is 18.0 Å². The highest BCUT2D eigenvalue weighted by Crippen LogP contribution is 2.23. The average Bonchev–Trinajstić information content (AvgIpc) is 2.71. The van der Waals surface area contributed by atoms with Crippen molar-refractivity contribution in [1.29, 1.82) is 0 Å². The van der Waals surface area contributed by atoms with Gasteiger partial charge in [-0.3, -0.25) is 9.59 Å². The highest BCUT2D eigenvalue weighted by Gasteiger charge is 2.19. The molecule has 3 aromatic carbocycles. The molecule has 3 aromatic rings. The van der Waals surface area contributed by atoms with Gasteiger partial charge in [-0.25, -0.2) is 4.39 Å². The fraction of sp³-hybridized carbons (Fsp3) is 0.130. The van der Waals surface area contributed by atoms with Crippen LogP contribution in [0.2, 0.25) is 5.02 Å². The Balaban J connectivity index is 1.55. The molecular weight excluding hydrogens is 393 g/mol. The number of hydrogen-bond donors (Lipinski definition) is 1. The van der Waals surface area contributed by atoms with E-state index >= 15 is 0 Å². The summed E-state index contributed by atoms with van der Waals surface area (Å²) in [6.07, 6.45) is -0.975. The monoisotopic (exact) mass is 411 g/mol. The van der Waals surface area contributed by atoms with Crippen molar-refractivity contribution in [2.75, 3.05) is 5.32 Å². The zero-order chi connectivity index (χ0) is 20.8. The van der Waals surface area contributed by atoms with Crippen molar-refractivity contribution in [3.63, 3.8) is 0 Å². The molecule has 4 nitrogen and oxygen atoms in total. The number of hydrogen-bond acceptors (Lipinski definition) is 3. The minimum atomic E-state index is -1.02. The minimum absolute atomic E-state index is 0.0456. The molecule has 0 heterocycles. The Bertz CT molecular complexity index is 1010. The lowest BCUT2D eigenvalue weighted by molar-refractivity contribution is -0.152. The van der Waals surface area contributed by atoms with Gasteiger partial charge in [0.15, 0.2) is 6.10 Å². The summed E-state index contributed by atoms with van der Waals surface area (Å²) in [6.45, 7) is 1.46. The fourth-order valence-electron chi connectivity index (χ4n) is 2.73. The minimum Gasteiger partial charge on any atom is -0.452 e. The summed E-state index contributed by atoms with van der Waals surface area (Å²) < 4.78 is 18.3. The molecule has 0 unspecified atom stereocenters. The number of benzene rings is 3. The van der Waals surface area contributed by atoms with Gasteiger partial charge in [-0.05, 0) is 41.8 Å². The molecule has 0 bridgehead atoms. The molecule has 0 saturated heterocycles. The zero-order valence-electron chi connectivity index (χ0n) is 15.7. The third-order valence-electron chi connectivity index (χ3n) is 4.28. The van der Waals surface area contributed by atoms with Gasteiger partial charge in [0.25, 0.3) is 5.91 Å². The molecule has 0 radical (unpaired) electrons. The van der Waals surface area contributed by atoms with Crippen LogP contribution in [0.1, 0.15) is 12.5 Å². The molecule has 0 aliphatic heterocycles. The van der Waals surface area contributed by atoms with E-state index in [1.54, 1.807) is 0 Å². The number of amides is 1. The van der Waals surface area contributed by atoms with Gasteiger partial charge >= 0.3 is 5.97 Å². The van der Waals surface area contributed by atoms with Crippen LogP contribution in [-0.2, 0) is 20.7 Å². The molecule has 29 heavy (non-hydrogen) atoms. The van der Waals surface area contributed by atoms with E-state index in [9.17, 15) is 14.0 Å². The third kappa shape index (κ3) is 5.65. The average molecular weight is 412 g/mol. The van der Waals surface area contributed by atoms with Crippen LogP contribution < -0.4 is 5.32 Å². The second-order valence-electron chi connectivity index (χ2n) is 6.49. The number of carbonyl (C=O) groups excluding carboxylic acids is 2. The molecule has 0 aliphatic rings. The molecule has 0 saturated carbocycles. The summed E-state index contributed by atoms with van der Waals surface area (Å²) in [4.78, 5) is 24.4. The van der Waals surface area contributed by atoms with Gasteiger partial charge in [0.2, 0.25) is 0 Å². The number of carbonyl (C=O) groups is 2. The molecule has 0 spiro atoms. The highest BCUT2D eigenvalue weighted by atomic mass is 35.5. The van der Waals surface area contributed by atoms with Gasteiger partial charge in [0, 0.05) is 0 Å². The topological polar surface area (TPSA) is 55.4 Å². The summed E-state index contributed by atoms with van der Waals surface area (Å²) in [5.74, 6) is -1.58. The van der Waals surface area contributed by atoms with Crippen molar-refractivity contribution < 1.29 is 18.7 Å². The molecule has 0 aromatic heterocycles. The third-order valence-corrected chi connectivity index (χ3v) is 4.59. The second kappa shape index (κ2) is 9.34. The predicted octanol–water partition coefficient (Wildman–Crippen LogP) is 5.26. The van der Waals surface area contributed by atoms with E-state index in [1.807, 2.05) is 54.6 Å². The van der Waals surface area contributed by atoms with Crippen molar-refractivity contribution in [2.24, 2.45) is 0 Å². The van der Waals surface area contributed by atoms with E-state index in [-0.39, 0.29) is 17.1 Å². The largest absolute Gasteiger partial charge is 0.452 e. The first kappa shape index (κ1) is 20.6. The normalized spacial score (nSPS) is 11.6. The molecule has 1 atom stereocenters. The van der Waals surface area contributed by atoms with E-state index in [2.05, 4.69) is 5.32 Å². The maximum atomic E-state index is 13.1.